The summed E-state index contributed by atoms with van der Waals surface area (Å²) in [4.78, 5) is 18.6. The lowest BCUT2D eigenvalue weighted by molar-refractivity contribution is -0.133. The Balaban J connectivity index is 1.82. The molecule has 1 saturated heterocycles. The number of carbonyl (C=O) groups is 1. The Morgan fingerprint density at radius 3 is 2.62 bits per heavy atom. The number of hydrogen-bond donors (Lipinski definition) is 1. The van der Waals surface area contributed by atoms with Crippen molar-refractivity contribution < 1.29 is 9.53 Å². The van der Waals surface area contributed by atoms with Crippen molar-refractivity contribution in [3.05, 3.63) is 23.9 Å². The highest BCUT2D eigenvalue weighted by atomic mass is 16.5. The highest BCUT2D eigenvalue weighted by Gasteiger charge is 2.20. The maximum absolute atomic E-state index is 12.4. The summed E-state index contributed by atoms with van der Waals surface area (Å²) in [5.74, 6) is 0.811. The molecule has 1 aliphatic heterocycles. The van der Waals surface area contributed by atoms with Crippen LogP contribution >= 0.6 is 0 Å². The summed E-state index contributed by atoms with van der Waals surface area (Å²) in [6, 6.07) is 3.63. The van der Waals surface area contributed by atoms with Crippen LogP contribution in [0.25, 0.3) is 0 Å². The van der Waals surface area contributed by atoms with Crippen LogP contribution < -0.4 is 10.1 Å². The van der Waals surface area contributed by atoms with Gasteiger partial charge in [0, 0.05) is 31.9 Å². The normalized spacial score (nSPS) is 17.1. The first kappa shape index (κ1) is 15.8. The number of nitrogens with one attached hydrogen (secondary N) is 1. The second kappa shape index (κ2) is 7.98. The molecule has 0 aromatic carbocycles. The minimum Gasteiger partial charge on any atom is -0.481 e. The Kier molecular flexibility index (Phi) is 5.99. The summed E-state index contributed by atoms with van der Waals surface area (Å²) >= 11 is 0. The lowest BCUT2D eigenvalue weighted by Gasteiger charge is -2.24. The van der Waals surface area contributed by atoms with Gasteiger partial charge in [-0.05, 0) is 25.3 Å². The van der Waals surface area contributed by atoms with Crippen molar-refractivity contribution in [3.8, 4) is 5.88 Å². The first-order valence-electron chi connectivity index (χ1n) is 7.72. The molecule has 1 aromatic rings. The van der Waals surface area contributed by atoms with Gasteiger partial charge in [0.2, 0.25) is 11.8 Å². The zero-order chi connectivity index (χ0) is 15.1. The summed E-state index contributed by atoms with van der Waals surface area (Å²) in [6.07, 6.45) is 6.50. The van der Waals surface area contributed by atoms with Gasteiger partial charge in [0.1, 0.15) is 0 Å². The Morgan fingerprint density at radius 1 is 1.33 bits per heavy atom. The predicted molar refractivity (Wildman–Crippen MR) is 82.1 cm³/mol. The predicted octanol–water partition coefficient (Wildman–Crippen LogP) is 1.97. The van der Waals surface area contributed by atoms with E-state index in [9.17, 15) is 4.79 Å². The molecular formula is C16H25N3O2. The fourth-order valence-corrected chi connectivity index (χ4v) is 2.56. The molecule has 1 unspecified atom stereocenters. The smallest absolute Gasteiger partial charge is 0.239 e. The minimum absolute atomic E-state index is 0.162. The van der Waals surface area contributed by atoms with Gasteiger partial charge in [-0.1, -0.05) is 18.9 Å². The van der Waals surface area contributed by atoms with Crippen LogP contribution in [0.2, 0.25) is 0 Å². The van der Waals surface area contributed by atoms with Gasteiger partial charge in [0.15, 0.2) is 0 Å². The minimum atomic E-state index is -0.162. The van der Waals surface area contributed by atoms with Crippen molar-refractivity contribution in [2.75, 3.05) is 20.2 Å². The quantitative estimate of drug-likeness (QED) is 0.901. The molecule has 1 aromatic heterocycles. The molecule has 5 nitrogen and oxygen atoms in total. The van der Waals surface area contributed by atoms with Gasteiger partial charge in [-0.3, -0.25) is 4.79 Å². The zero-order valence-electron chi connectivity index (χ0n) is 13.0. The molecule has 0 bridgehead atoms. The summed E-state index contributed by atoms with van der Waals surface area (Å²) in [5.41, 5.74) is 1.05. The third-order valence-electron chi connectivity index (χ3n) is 3.91. The third-order valence-corrected chi connectivity index (χ3v) is 3.91. The van der Waals surface area contributed by atoms with E-state index in [1.54, 1.807) is 13.3 Å². The Hall–Kier alpha value is -1.62. The molecule has 1 atom stereocenters. The molecule has 1 amide bonds. The highest BCUT2D eigenvalue weighted by molar-refractivity contribution is 5.81. The molecule has 21 heavy (non-hydrogen) atoms. The van der Waals surface area contributed by atoms with Crippen LogP contribution in [-0.4, -0.2) is 42.0 Å². The molecule has 1 aliphatic rings. The maximum atomic E-state index is 12.4. The summed E-state index contributed by atoms with van der Waals surface area (Å²) in [5, 5.41) is 3.28. The molecule has 1 fully saturated rings. The van der Waals surface area contributed by atoms with Crippen molar-refractivity contribution in [3.63, 3.8) is 0 Å². The number of carbonyl (C=O) groups excluding carboxylic acids is 1. The standard InChI is InChI=1S/C16H25N3O2/c1-13(16(20)19-9-5-3-4-6-10-19)17-11-14-7-8-15(21-2)18-12-14/h7-8,12-13,17H,3-6,9-11H2,1-2H3. The molecule has 0 saturated carbocycles. The number of ether oxygens (including phenoxy) is 1. The van der Waals surface area contributed by atoms with E-state index in [-0.39, 0.29) is 11.9 Å². The van der Waals surface area contributed by atoms with E-state index in [4.69, 9.17) is 4.74 Å². The topological polar surface area (TPSA) is 54.5 Å². The zero-order valence-corrected chi connectivity index (χ0v) is 13.0. The Bertz CT molecular complexity index is 439. The first-order chi connectivity index (χ1) is 10.2. The number of pyridine rings is 1. The number of methoxy groups -OCH3 is 1. The second-order valence-electron chi connectivity index (χ2n) is 5.55. The van der Waals surface area contributed by atoms with E-state index < -0.39 is 0 Å². The van der Waals surface area contributed by atoms with Gasteiger partial charge >= 0.3 is 0 Å². The highest BCUT2D eigenvalue weighted by Crippen LogP contribution is 2.11. The van der Waals surface area contributed by atoms with E-state index >= 15 is 0 Å². The average Bonchev–Trinajstić information content (AvgIpc) is 2.81. The lowest BCUT2D eigenvalue weighted by atomic mass is 10.2. The lowest BCUT2D eigenvalue weighted by Crippen LogP contribution is -2.45. The average molecular weight is 291 g/mol. The van der Waals surface area contributed by atoms with Crippen LogP contribution in [0.5, 0.6) is 5.88 Å². The van der Waals surface area contributed by atoms with Crippen LogP contribution in [0.15, 0.2) is 18.3 Å². The number of amides is 1. The van der Waals surface area contributed by atoms with Crippen LogP contribution in [0.1, 0.15) is 38.2 Å². The van der Waals surface area contributed by atoms with Gasteiger partial charge in [-0.25, -0.2) is 4.98 Å². The fraction of sp³-hybridized carbons (Fsp3) is 0.625. The van der Waals surface area contributed by atoms with Crippen molar-refractivity contribution in [2.45, 2.75) is 45.2 Å². The largest absolute Gasteiger partial charge is 0.481 e. The molecule has 2 heterocycles. The van der Waals surface area contributed by atoms with Gasteiger partial charge in [0.25, 0.3) is 0 Å². The maximum Gasteiger partial charge on any atom is 0.239 e. The number of hydrogen-bond acceptors (Lipinski definition) is 4. The SMILES string of the molecule is COc1ccc(CNC(C)C(=O)N2CCCCCC2)cn1. The number of aromatic nitrogens is 1. The van der Waals surface area contributed by atoms with Crippen molar-refractivity contribution in [2.24, 2.45) is 0 Å². The van der Waals surface area contributed by atoms with E-state index in [0.29, 0.717) is 12.4 Å². The molecule has 5 heteroatoms. The number of likely N-dealkylation sites (tertiary alicyclic amines) is 1. The third kappa shape index (κ3) is 4.70. The van der Waals surface area contributed by atoms with Gasteiger partial charge in [-0.2, -0.15) is 0 Å². The van der Waals surface area contributed by atoms with Crippen LogP contribution in [0.4, 0.5) is 0 Å². The molecule has 1 N–H and O–H groups in total. The second-order valence-corrected chi connectivity index (χ2v) is 5.55. The summed E-state index contributed by atoms with van der Waals surface area (Å²) in [6.45, 7) is 4.37. The molecule has 0 spiro atoms. The number of rotatable bonds is 5. The van der Waals surface area contributed by atoms with Crippen molar-refractivity contribution in [1.82, 2.24) is 15.2 Å². The van der Waals surface area contributed by atoms with Crippen molar-refractivity contribution >= 4 is 5.91 Å². The van der Waals surface area contributed by atoms with Crippen molar-refractivity contribution in [1.29, 1.82) is 0 Å². The molecule has 2 rings (SSSR count). The van der Waals surface area contributed by atoms with Gasteiger partial charge < -0.3 is 15.0 Å². The molecule has 0 aliphatic carbocycles. The summed E-state index contributed by atoms with van der Waals surface area (Å²) < 4.78 is 5.03. The van der Waals surface area contributed by atoms with E-state index in [1.807, 2.05) is 24.0 Å². The van der Waals surface area contributed by atoms with Crippen LogP contribution in [-0.2, 0) is 11.3 Å². The summed E-state index contributed by atoms with van der Waals surface area (Å²) in [7, 11) is 1.60. The van der Waals surface area contributed by atoms with E-state index in [0.717, 1.165) is 31.5 Å². The molecule has 0 radical (unpaired) electrons. The molecule has 116 valence electrons. The van der Waals surface area contributed by atoms with Crippen LogP contribution in [0.3, 0.4) is 0 Å². The first-order valence-corrected chi connectivity index (χ1v) is 7.72. The number of nitrogens with zero attached hydrogens (tertiary/aromatic N) is 2. The van der Waals surface area contributed by atoms with Crippen LogP contribution in [0, 0.1) is 0 Å². The van der Waals surface area contributed by atoms with Gasteiger partial charge in [0.05, 0.1) is 13.2 Å². The Labute approximate surface area is 126 Å². The van der Waals surface area contributed by atoms with E-state index in [2.05, 4.69) is 10.3 Å². The van der Waals surface area contributed by atoms with E-state index in [1.165, 1.54) is 12.8 Å². The Morgan fingerprint density at radius 2 is 2.05 bits per heavy atom. The van der Waals surface area contributed by atoms with Gasteiger partial charge in [-0.15, -0.1) is 0 Å². The fourth-order valence-electron chi connectivity index (χ4n) is 2.56. The molecular weight excluding hydrogens is 266 g/mol. The monoisotopic (exact) mass is 291 g/mol.